The maximum Gasteiger partial charge on any atom is 0.182 e. The molecule has 0 radical (unpaired) electrons. The smallest absolute Gasteiger partial charge is 0.182 e. The topological polar surface area (TPSA) is 69.6 Å². The summed E-state index contributed by atoms with van der Waals surface area (Å²) in [6.07, 6.45) is 1.85. The zero-order valence-corrected chi connectivity index (χ0v) is 12.4. The molecule has 2 aromatic heterocycles. The number of benzene rings is 1. The predicted octanol–water partition coefficient (Wildman–Crippen LogP) is 2.89. The summed E-state index contributed by atoms with van der Waals surface area (Å²) < 4.78 is 2.41. The van der Waals surface area contributed by atoms with Gasteiger partial charge in [-0.1, -0.05) is 30.3 Å². The highest BCUT2D eigenvalue weighted by Gasteiger charge is 2.14. The van der Waals surface area contributed by atoms with Crippen molar-refractivity contribution in [2.75, 3.05) is 5.73 Å². The zero-order valence-electron chi connectivity index (χ0n) is 10.8. The lowest BCUT2D eigenvalue weighted by molar-refractivity contribution is 0.768. The van der Waals surface area contributed by atoms with Gasteiger partial charge >= 0.3 is 0 Å². The van der Waals surface area contributed by atoms with Gasteiger partial charge in [0, 0.05) is 18.8 Å². The Morgan fingerprint density at radius 1 is 1.10 bits per heavy atom. The minimum atomic E-state index is 0.402. The Morgan fingerprint density at radius 2 is 1.85 bits per heavy atom. The summed E-state index contributed by atoms with van der Waals surface area (Å²) in [6, 6.07) is 11.7. The second-order valence-corrected chi connectivity index (χ2v) is 5.13. The van der Waals surface area contributed by atoms with Crippen molar-refractivity contribution < 1.29 is 0 Å². The fourth-order valence-corrected chi connectivity index (χ4v) is 2.31. The Kier molecular flexibility index (Phi) is 3.23. The number of aryl methyl sites for hydroxylation is 1. The maximum atomic E-state index is 5.97. The van der Waals surface area contributed by atoms with Gasteiger partial charge in [-0.3, -0.25) is 4.68 Å². The third kappa shape index (κ3) is 2.30. The van der Waals surface area contributed by atoms with Crippen molar-refractivity contribution >= 4 is 21.7 Å². The number of rotatable bonds is 2. The van der Waals surface area contributed by atoms with Crippen molar-refractivity contribution in [2.45, 2.75) is 0 Å². The van der Waals surface area contributed by atoms with Crippen molar-refractivity contribution in [3.63, 3.8) is 0 Å². The van der Waals surface area contributed by atoms with E-state index in [1.807, 2.05) is 49.6 Å². The predicted molar refractivity (Wildman–Crippen MR) is 81.8 cm³/mol. The van der Waals surface area contributed by atoms with E-state index in [0.717, 1.165) is 11.3 Å². The Balaban J connectivity index is 2.18. The lowest BCUT2D eigenvalue weighted by atomic mass is 10.1. The molecule has 0 fully saturated rings. The van der Waals surface area contributed by atoms with Crippen LogP contribution >= 0.6 is 15.9 Å². The van der Waals surface area contributed by atoms with E-state index in [1.165, 1.54) is 0 Å². The van der Waals surface area contributed by atoms with E-state index in [1.54, 1.807) is 4.68 Å². The highest BCUT2D eigenvalue weighted by Crippen LogP contribution is 2.31. The molecule has 0 saturated carbocycles. The average Bonchev–Trinajstić information content (AvgIpc) is 2.89. The molecular formula is C14H12BrN5. The van der Waals surface area contributed by atoms with Gasteiger partial charge in [0.2, 0.25) is 0 Å². The van der Waals surface area contributed by atoms with E-state index in [9.17, 15) is 0 Å². The number of nitrogens with zero attached hydrogens (tertiary/aromatic N) is 4. The van der Waals surface area contributed by atoms with Crippen LogP contribution in [0.3, 0.4) is 0 Å². The molecule has 0 amide bonds. The minimum Gasteiger partial charge on any atom is -0.383 e. The summed E-state index contributed by atoms with van der Waals surface area (Å²) in [4.78, 5) is 8.86. The molecule has 0 aliphatic carbocycles. The van der Waals surface area contributed by atoms with Crippen LogP contribution in [0.25, 0.3) is 22.8 Å². The minimum absolute atomic E-state index is 0.402. The first-order valence-corrected chi connectivity index (χ1v) is 6.83. The van der Waals surface area contributed by atoms with Crippen LogP contribution in [0.1, 0.15) is 0 Å². The Labute approximate surface area is 124 Å². The highest BCUT2D eigenvalue weighted by atomic mass is 79.9. The SMILES string of the molecule is Cn1ccc(-c2nc(N)c(Br)c(-c3ccccc3)n2)n1. The third-order valence-electron chi connectivity index (χ3n) is 2.87. The van der Waals surface area contributed by atoms with Crippen LogP contribution in [0.15, 0.2) is 47.1 Å². The van der Waals surface area contributed by atoms with Gasteiger partial charge in [-0.25, -0.2) is 9.97 Å². The third-order valence-corrected chi connectivity index (χ3v) is 3.65. The molecule has 1 aromatic carbocycles. The van der Waals surface area contributed by atoms with Gasteiger partial charge in [-0.2, -0.15) is 5.10 Å². The van der Waals surface area contributed by atoms with E-state index in [-0.39, 0.29) is 0 Å². The van der Waals surface area contributed by atoms with Crippen LogP contribution in [0.2, 0.25) is 0 Å². The molecule has 5 nitrogen and oxygen atoms in total. The van der Waals surface area contributed by atoms with Crippen molar-refractivity contribution in [1.82, 2.24) is 19.7 Å². The first-order valence-electron chi connectivity index (χ1n) is 6.03. The number of nitrogen functional groups attached to an aromatic ring is 1. The molecule has 0 atom stereocenters. The van der Waals surface area contributed by atoms with Gasteiger partial charge in [0.25, 0.3) is 0 Å². The molecule has 0 aliphatic rings. The largest absolute Gasteiger partial charge is 0.383 e. The molecule has 2 heterocycles. The molecule has 0 saturated heterocycles. The van der Waals surface area contributed by atoms with Crippen LogP contribution in [0, 0.1) is 0 Å². The van der Waals surface area contributed by atoms with Gasteiger partial charge in [0.15, 0.2) is 5.82 Å². The molecule has 2 N–H and O–H groups in total. The van der Waals surface area contributed by atoms with Crippen LogP contribution in [0.5, 0.6) is 0 Å². The second kappa shape index (κ2) is 5.05. The van der Waals surface area contributed by atoms with Crippen LogP contribution < -0.4 is 5.73 Å². The molecule has 3 aromatic rings. The Bertz CT molecular complexity index is 752. The molecule has 6 heteroatoms. The van der Waals surface area contributed by atoms with Crippen LogP contribution in [-0.2, 0) is 7.05 Å². The lowest BCUT2D eigenvalue weighted by Crippen LogP contribution is -2.01. The monoisotopic (exact) mass is 329 g/mol. The molecule has 100 valence electrons. The van der Waals surface area contributed by atoms with E-state index in [2.05, 4.69) is 31.0 Å². The summed E-state index contributed by atoms with van der Waals surface area (Å²) in [6.45, 7) is 0. The number of nitrogens with two attached hydrogens (primary N) is 1. The molecule has 0 spiro atoms. The first-order chi connectivity index (χ1) is 9.65. The summed E-state index contributed by atoms with van der Waals surface area (Å²) in [5.74, 6) is 0.921. The maximum absolute atomic E-state index is 5.97. The fourth-order valence-electron chi connectivity index (χ4n) is 1.90. The van der Waals surface area contributed by atoms with Crippen LogP contribution in [0.4, 0.5) is 5.82 Å². The molecule has 0 aliphatic heterocycles. The standard InChI is InChI=1S/C14H12BrN5/c1-20-8-7-10(19-20)14-17-12(11(15)13(16)18-14)9-5-3-2-4-6-9/h2-8H,1H3,(H2,16,17,18). The average molecular weight is 330 g/mol. The number of halogens is 1. The zero-order chi connectivity index (χ0) is 14.1. The molecule has 0 unspecified atom stereocenters. The molecular weight excluding hydrogens is 318 g/mol. The van der Waals surface area contributed by atoms with Gasteiger partial charge in [0.1, 0.15) is 11.5 Å². The second-order valence-electron chi connectivity index (χ2n) is 4.34. The molecule has 0 bridgehead atoms. The van der Waals surface area contributed by atoms with E-state index in [0.29, 0.717) is 21.8 Å². The van der Waals surface area contributed by atoms with Crippen molar-refractivity contribution in [2.24, 2.45) is 7.05 Å². The van der Waals surface area contributed by atoms with Gasteiger partial charge in [-0.15, -0.1) is 0 Å². The van der Waals surface area contributed by atoms with E-state index >= 15 is 0 Å². The van der Waals surface area contributed by atoms with E-state index in [4.69, 9.17) is 5.73 Å². The Hall–Kier alpha value is -2.21. The van der Waals surface area contributed by atoms with Crippen molar-refractivity contribution in [1.29, 1.82) is 0 Å². The van der Waals surface area contributed by atoms with E-state index < -0.39 is 0 Å². The van der Waals surface area contributed by atoms with Crippen molar-refractivity contribution in [3.8, 4) is 22.8 Å². The first kappa shape index (κ1) is 12.8. The summed E-state index contributed by atoms with van der Waals surface area (Å²) in [5, 5.41) is 4.31. The van der Waals surface area contributed by atoms with Gasteiger partial charge < -0.3 is 5.73 Å². The quantitative estimate of drug-likeness (QED) is 0.784. The molecule has 20 heavy (non-hydrogen) atoms. The molecule has 3 rings (SSSR count). The van der Waals surface area contributed by atoms with Gasteiger partial charge in [0.05, 0.1) is 10.2 Å². The lowest BCUT2D eigenvalue weighted by Gasteiger charge is -2.08. The Morgan fingerprint density at radius 3 is 2.50 bits per heavy atom. The number of hydrogen-bond acceptors (Lipinski definition) is 4. The number of aromatic nitrogens is 4. The fraction of sp³-hybridized carbons (Fsp3) is 0.0714. The van der Waals surface area contributed by atoms with Gasteiger partial charge in [-0.05, 0) is 22.0 Å². The summed E-state index contributed by atoms with van der Waals surface area (Å²) >= 11 is 3.45. The highest BCUT2D eigenvalue weighted by molar-refractivity contribution is 9.10. The summed E-state index contributed by atoms with van der Waals surface area (Å²) in [7, 11) is 1.85. The normalized spacial score (nSPS) is 10.7. The number of hydrogen-bond donors (Lipinski definition) is 1. The number of anilines is 1. The van der Waals surface area contributed by atoms with Crippen molar-refractivity contribution in [3.05, 3.63) is 47.1 Å². The summed E-state index contributed by atoms with van der Waals surface area (Å²) in [5.41, 5.74) is 8.41. The van der Waals surface area contributed by atoms with Crippen LogP contribution in [-0.4, -0.2) is 19.7 Å².